The van der Waals surface area contributed by atoms with Crippen LogP contribution in [0.5, 0.6) is 0 Å². The van der Waals surface area contributed by atoms with E-state index >= 15 is 0 Å². The lowest BCUT2D eigenvalue weighted by atomic mass is 9.93. The Morgan fingerprint density at radius 2 is 1.52 bits per heavy atom. The molecule has 128 valence electrons. The van der Waals surface area contributed by atoms with E-state index in [0.717, 1.165) is 27.8 Å². The van der Waals surface area contributed by atoms with Crippen molar-refractivity contribution in [3.63, 3.8) is 0 Å². The van der Waals surface area contributed by atoms with Crippen molar-refractivity contribution in [3.05, 3.63) is 95.1 Å². The summed E-state index contributed by atoms with van der Waals surface area (Å²) in [5.41, 5.74) is 5.55. The average Bonchev–Trinajstić information content (AvgIpc) is 2.62. The molecule has 2 aromatic carbocycles. The van der Waals surface area contributed by atoms with Gasteiger partial charge in [0.05, 0.1) is 6.61 Å². The van der Waals surface area contributed by atoms with E-state index in [-0.39, 0.29) is 5.97 Å². The second-order valence-corrected chi connectivity index (χ2v) is 5.75. The number of carbonyl (C=O) groups is 1. The third-order valence-electron chi connectivity index (χ3n) is 3.79. The Bertz CT molecular complexity index is 781. The van der Waals surface area contributed by atoms with Gasteiger partial charge in [-0.2, -0.15) is 0 Å². The Morgan fingerprint density at radius 1 is 0.920 bits per heavy atom. The van der Waals surface area contributed by atoms with E-state index in [4.69, 9.17) is 4.74 Å². The summed E-state index contributed by atoms with van der Waals surface area (Å²) in [5.74, 6) is -0.320. The molecular formula is C23H24O2. The monoisotopic (exact) mass is 332 g/mol. The van der Waals surface area contributed by atoms with E-state index in [1.54, 1.807) is 6.92 Å². The van der Waals surface area contributed by atoms with Gasteiger partial charge < -0.3 is 4.74 Å². The third kappa shape index (κ3) is 5.61. The fourth-order valence-electron chi connectivity index (χ4n) is 2.71. The van der Waals surface area contributed by atoms with Crippen molar-refractivity contribution < 1.29 is 9.53 Å². The van der Waals surface area contributed by atoms with Crippen LogP contribution in [0, 0.1) is 0 Å². The number of carbonyl (C=O) groups excluding carboxylic acids is 1. The largest absolute Gasteiger partial charge is 0.463 e. The molecule has 0 radical (unpaired) electrons. The summed E-state index contributed by atoms with van der Waals surface area (Å²) in [6, 6.07) is 20.4. The zero-order chi connectivity index (χ0) is 18.1. The lowest BCUT2D eigenvalue weighted by Gasteiger charge is -2.12. The van der Waals surface area contributed by atoms with Crippen molar-refractivity contribution in [1.82, 2.24) is 0 Å². The van der Waals surface area contributed by atoms with Crippen LogP contribution in [0.3, 0.4) is 0 Å². The number of hydrogen-bond donors (Lipinski definition) is 0. The first-order valence-electron chi connectivity index (χ1n) is 8.46. The van der Waals surface area contributed by atoms with Gasteiger partial charge in [0, 0.05) is 6.08 Å². The van der Waals surface area contributed by atoms with Crippen LogP contribution < -0.4 is 0 Å². The molecule has 0 amide bonds. The maximum absolute atomic E-state index is 11.6. The molecule has 0 bridgehead atoms. The number of esters is 1. The second kappa shape index (κ2) is 9.43. The van der Waals surface area contributed by atoms with Crippen molar-refractivity contribution in [2.24, 2.45) is 0 Å². The molecule has 0 heterocycles. The Kier molecular flexibility index (Phi) is 6.97. The van der Waals surface area contributed by atoms with Gasteiger partial charge in [-0.3, -0.25) is 0 Å². The molecule has 25 heavy (non-hydrogen) atoms. The summed E-state index contributed by atoms with van der Waals surface area (Å²) in [6.45, 7) is 6.29. The summed E-state index contributed by atoms with van der Waals surface area (Å²) in [4.78, 5) is 11.6. The fourth-order valence-corrected chi connectivity index (χ4v) is 2.71. The van der Waals surface area contributed by atoms with Gasteiger partial charge in [-0.05, 0) is 48.6 Å². The molecular weight excluding hydrogens is 308 g/mol. The van der Waals surface area contributed by atoms with E-state index in [1.165, 1.54) is 6.08 Å². The smallest absolute Gasteiger partial charge is 0.330 e. The van der Waals surface area contributed by atoms with Crippen LogP contribution in [0.2, 0.25) is 0 Å². The summed E-state index contributed by atoms with van der Waals surface area (Å²) < 4.78 is 4.97. The maximum Gasteiger partial charge on any atom is 0.330 e. The highest BCUT2D eigenvalue weighted by Crippen LogP contribution is 2.28. The van der Waals surface area contributed by atoms with Crippen LogP contribution in [-0.4, -0.2) is 12.6 Å². The number of rotatable bonds is 6. The van der Waals surface area contributed by atoms with Crippen LogP contribution in [0.25, 0.3) is 11.6 Å². The van der Waals surface area contributed by atoms with Gasteiger partial charge in [0.25, 0.3) is 0 Å². The van der Waals surface area contributed by atoms with Crippen molar-refractivity contribution >= 4 is 17.6 Å². The summed E-state index contributed by atoms with van der Waals surface area (Å²) in [5, 5.41) is 0. The number of ether oxygens (including phenoxy) is 1. The highest BCUT2D eigenvalue weighted by atomic mass is 16.5. The van der Waals surface area contributed by atoms with Gasteiger partial charge in [-0.1, -0.05) is 72.8 Å². The van der Waals surface area contributed by atoms with Crippen LogP contribution in [0.4, 0.5) is 0 Å². The van der Waals surface area contributed by atoms with Gasteiger partial charge in [-0.15, -0.1) is 0 Å². The molecule has 0 saturated heterocycles. The molecule has 0 aliphatic heterocycles. The van der Waals surface area contributed by atoms with Crippen molar-refractivity contribution in [3.8, 4) is 0 Å². The first-order valence-corrected chi connectivity index (χ1v) is 8.46. The first kappa shape index (κ1) is 18.5. The molecule has 2 rings (SSSR count). The molecule has 0 unspecified atom stereocenters. The number of hydrogen-bond acceptors (Lipinski definition) is 2. The Labute approximate surface area is 150 Å². The second-order valence-electron chi connectivity index (χ2n) is 5.75. The SMILES string of the molecule is CCOC(=O)/C=C/C(C)=C(/C(C)=C/c1ccccc1)c1ccccc1. The molecule has 2 nitrogen and oxygen atoms in total. The van der Waals surface area contributed by atoms with Crippen molar-refractivity contribution in [2.45, 2.75) is 20.8 Å². The molecule has 0 aromatic heterocycles. The van der Waals surface area contributed by atoms with Gasteiger partial charge in [0.1, 0.15) is 0 Å². The van der Waals surface area contributed by atoms with E-state index in [9.17, 15) is 4.79 Å². The Balaban J connectivity index is 2.45. The lowest BCUT2D eigenvalue weighted by molar-refractivity contribution is -0.137. The maximum atomic E-state index is 11.6. The lowest BCUT2D eigenvalue weighted by Crippen LogP contribution is -1.99. The zero-order valence-corrected chi connectivity index (χ0v) is 15.0. The fraction of sp³-hybridized carbons (Fsp3) is 0.174. The topological polar surface area (TPSA) is 26.3 Å². The van der Waals surface area contributed by atoms with Crippen LogP contribution in [0.1, 0.15) is 31.9 Å². The van der Waals surface area contributed by atoms with Crippen LogP contribution in [-0.2, 0) is 9.53 Å². The summed E-state index contributed by atoms with van der Waals surface area (Å²) in [6.07, 6.45) is 5.46. The molecule has 0 aliphatic rings. The molecule has 0 N–H and O–H groups in total. The van der Waals surface area contributed by atoms with Crippen molar-refractivity contribution in [1.29, 1.82) is 0 Å². The van der Waals surface area contributed by atoms with E-state index < -0.39 is 0 Å². The molecule has 0 fully saturated rings. The van der Waals surface area contributed by atoms with Gasteiger partial charge in [0.15, 0.2) is 0 Å². The molecule has 0 spiro atoms. The molecule has 0 atom stereocenters. The third-order valence-corrected chi connectivity index (χ3v) is 3.79. The minimum Gasteiger partial charge on any atom is -0.463 e. The minimum absolute atomic E-state index is 0.320. The normalized spacial score (nSPS) is 12.8. The van der Waals surface area contributed by atoms with Gasteiger partial charge in [-0.25, -0.2) is 4.79 Å². The molecule has 0 aliphatic carbocycles. The summed E-state index contributed by atoms with van der Waals surface area (Å²) >= 11 is 0. The Hall–Kier alpha value is -2.87. The standard InChI is InChI=1S/C23H24O2/c1-4-25-22(24)16-15-18(2)23(21-13-9-6-10-14-21)19(3)17-20-11-7-5-8-12-20/h5-17H,4H2,1-3H3/b16-15+,19-17+,23-18-. The quantitative estimate of drug-likeness (QED) is 0.386. The molecule has 2 heteroatoms. The highest BCUT2D eigenvalue weighted by Gasteiger charge is 2.07. The van der Waals surface area contributed by atoms with Crippen LogP contribution in [0.15, 0.2) is 84.0 Å². The zero-order valence-electron chi connectivity index (χ0n) is 15.0. The summed E-state index contributed by atoms with van der Waals surface area (Å²) in [7, 11) is 0. The van der Waals surface area contributed by atoms with E-state index in [0.29, 0.717) is 6.61 Å². The predicted octanol–water partition coefficient (Wildman–Crippen LogP) is 5.68. The highest BCUT2D eigenvalue weighted by molar-refractivity contribution is 5.88. The van der Waals surface area contributed by atoms with Crippen LogP contribution >= 0.6 is 0 Å². The van der Waals surface area contributed by atoms with E-state index in [2.05, 4.69) is 37.3 Å². The molecule has 0 saturated carbocycles. The van der Waals surface area contributed by atoms with Gasteiger partial charge in [0.2, 0.25) is 0 Å². The first-order chi connectivity index (χ1) is 12.1. The minimum atomic E-state index is -0.320. The number of benzene rings is 2. The van der Waals surface area contributed by atoms with Crippen molar-refractivity contribution in [2.75, 3.05) is 6.61 Å². The van der Waals surface area contributed by atoms with Gasteiger partial charge >= 0.3 is 5.97 Å². The Morgan fingerprint density at radius 3 is 2.12 bits per heavy atom. The predicted molar refractivity (Wildman–Crippen MR) is 105 cm³/mol. The number of allylic oxidation sites excluding steroid dienone is 4. The average molecular weight is 332 g/mol. The van der Waals surface area contributed by atoms with E-state index in [1.807, 2.05) is 49.4 Å². The molecule has 2 aromatic rings.